The normalized spacial score (nSPS) is 15.0. The molecule has 2 heteroatoms. The van der Waals surface area contributed by atoms with Gasteiger partial charge >= 0.3 is 0 Å². The lowest BCUT2D eigenvalue weighted by molar-refractivity contribution is 0.487. The zero-order valence-electron chi connectivity index (χ0n) is 35.2. The zero-order chi connectivity index (χ0) is 42.4. The van der Waals surface area contributed by atoms with E-state index in [9.17, 15) is 0 Å². The summed E-state index contributed by atoms with van der Waals surface area (Å²) >= 11 is 0. The standard InChI is InChI=1S/C63H37NO/c1-2-14-42(15-3-1)64-57-24-11-8-18-47(57)51-36-41(27-32-58(51)64)43-30-34-60-62-48(43)20-12-21-49(62)52-35-39(28-33-59(52)65-60)40-25-29-46-45-17-6-9-22-53(45)63(56(46)37-40)54-23-10-7-19-50(54)61-44-16-5-4-13-38(44)26-31-55(61)63/h1-37H. The highest BCUT2D eigenvalue weighted by Crippen LogP contribution is 2.64. The average molecular weight is 824 g/mol. The number of rotatable bonds is 3. The number of hydrogen-bond donors (Lipinski definition) is 0. The van der Waals surface area contributed by atoms with E-state index in [1.165, 1.54) is 110 Å². The third-order valence-corrected chi connectivity index (χ3v) is 14.8. The average Bonchev–Trinajstić information content (AvgIpc) is 3.98. The van der Waals surface area contributed by atoms with Crippen LogP contribution in [0.3, 0.4) is 0 Å². The second-order valence-corrected chi connectivity index (χ2v) is 17.9. The van der Waals surface area contributed by atoms with Crippen LogP contribution in [-0.2, 0) is 5.41 Å². The van der Waals surface area contributed by atoms with Gasteiger partial charge in [-0.2, -0.15) is 0 Å². The molecule has 2 heterocycles. The van der Waals surface area contributed by atoms with Crippen LogP contribution in [0.25, 0.3) is 105 Å². The third-order valence-electron chi connectivity index (χ3n) is 14.8. The van der Waals surface area contributed by atoms with Gasteiger partial charge in [-0.05, 0) is 143 Å². The Morgan fingerprint density at radius 3 is 1.88 bits per heavy atom. The summed E-state index contributed by atoms with van der Waals surface area (Å²) in [4.78, 5) is 0. The van der Waals surface area contributed by atoms with Crippen LogP contribution < -0.4 is 4.74 Å². The SMILES string of the molecule is c1ccc(-n2c3ccccc3c3cc(-c4ccc5c6c(cccc46)-c4cc(-c6ccc7c(c6)C6(c8ccccc8-7)c7ccccc7-c7c6ccc6ccccc76)ccc4O5)ccc32)cc1. The molecule has 65 heavy (non-hydrogen) atoms. The molecule has 0 radical (unpaired) electrons. The fourth-order valence-corrected chi connectivity index (χ4v) is 12.1. The van der Waals surface area contributed by atoms with Gasteiger partial charge in [-0.1, -0.05) is 170 Å². The van der Waals surface area contributed by atoms with E-state index in [4.69, 9.17) is 4.74 Å². The molecule has 1 atom stereocenters. The summed E-state index contributed by atoms with van der Waals surface area (Å²) in [6.07, 6.45) is 0. The van der Waals surface area contributed by atoms with Gasteiger partial charge in [-0.25, -0.2) is 0 Å². The Morgan fingerprint density at radius 2 is 0.969 bits per heavy atom. The van der Waals surface area contributed by atoms with E-state index < -0.39 is 5.41 Å². The molecule has 11 aromatic carbocycles. The van der Waals surface area contributed by atoms with Gasteiger partial charge in [0.1, 0.15) is 11.5 Å². The van der Waals surface area contributed by atoms with Crippen LogP contribution in [0.5, 0.6) is 11.5 Å². The predicted octanol–water partition coefficient (Wildman–Crippen LogP) is 16.5. The molecular weight excluding hydrogens is 787 g/mol. The first kappa shape index (κ1) is 35.1. The highest BCUT2D eigenvalue weighted by Gasteiger charge is 2.52. The molecule has 0 saturated carbocycles. The highest BCUT2D eigenvalue weighted by atomic mass is 16.5. The lowest BCUT2D eigenvalue weighted by Crippen LogP contribution is -2.25. The van der Waals surface area contributed by atoms with Gasteiger partial charge in [-0.15, -0.1) is 0 Å². The number of aromatic nitrogens is 1. The first-order valence-electron chi connectivity index (χ1n) is 22.6. The summed E-state index contributed by atoms with van der Waals surface area (Å²) < 4.78 is 9.19. The molecule has 3 aliphatic rings. The number of hydrogen-bond acceptors (Lipinski definition) is 1. The van der Waals surface area contributed by atoms with E-state index in [-0.39, 0.29) is 0 Å². The summed E-state index contributed by atoms with van der Waals surface area (Å²) in [5.41, 5.74) is 20.9. The number of benzene rings is 11. The Morgan fingerprint density at radius 1 is 0.323 bits per heavy atom. The molecule has 1 aromatic heterocycles. The molecule has 2 nitrogen and oxygen atoms in total. The molecule has 12 aromatic rings. The maximum atomic E-state index is 6.81. The molecule has 0 saturated heterocycles. The van der Waals surface area contributed by atoms with Crippen LogP contribution in [-0.4, -0.2) is 4.57 Å². The molecular formula is C63H37NO. The molecule has 1 aliphatic heterocycles. The van der Waals surface area contributed by atoms with Gasteiger partial charge in [0.25, 0.3) is 0 Å². The Kier molecular flexibility index (Phi) is 6.91. The Bertz CT molecular complexity index is 4040. The largest absolute Gasteiger partial charge is 0.456 e. The second-order valence-electron chi connectivity index (χ2n) is 17.9. The molecule has 1 spiro atoms. The molecule has 0 N–H and O–H groups in total. The van der Waals surface area contributed by atoms with Gasteiger partial charge < -0.3 is 9.30 Å². The number of nitrogens with zero attached hydrogens (tertiary/aromatic N) is 1. The van der Waals surface area contributed by atoms with Crippen LogP contribution in [0.1, 0.15) is 22.3 Å². The van der Waals surface area contributed by atoms with Crippen molar-refractivity contribution in [3.63, 3.8) is 0 Å². The summed E-state index contributed by atoms with van der Waals surface area (Å²) in [7, 11) is 0. The molecule has 15 rings (SSSR count). The van der Waals surface area contributed by atoms with Crippen LogP contribution in [0.15, 0.2) is 224 Å². The van der Waals surface area contributed by atoms with Gasteiger partial charge in [0.05, 0.1) is 16.4 Å². The minimum atomic E-state index is -0.435. The summed E-state index contributed by atoms with van der Waals surface area (Å²) in [6.45, 7) is 0. The third kappa shape index (κ3) is 4.58. The monoisotopic (exact) mass is 823 g/mol. The number of ether oxygens (including phenoxy) is 1. The summed E-state index contributed by atoms with van der Waals surface area (Å²) in [5.74, 6) is 1.77. The molecule has 0 bridgehead atoms. The van der Waals surface area contributed by atoms with Crippen molar-refractivity contribution in [2.24, 2.45) is 0 Å². The van der Waals surface area contributed by atoms with E-state index in [0.29, 0.717) is 0 Å². The first-order valence-corrected chi connectivity index (χ1v) is 22.6. The van der Waals surface area contributed by atoms with Crippen molar-refractivity contribution >= 4 is 43.4 Å². The Balaban J connectivity index is 0.890. The second kappa shape index (κ2) is 12.8. The van der Waals surface area contributed by atoms with Crippen molar-refractivity contribution < 1.29 is 4.74 Å². The number of para-hydroxylation sites is 2. The lowest BCUT2D eigenvalue weighted by atomic mass is 9.70. The van der Waals surface area contributed by atoms with Crippen molar-refractivity contribution in [3.05, 3.63) is 247 Å². The quantitative estimate of drug-likeness (QED) is 0.173. The lowest BCUT2D eigenvalue weighted by Gasteiger charge is -2.31. The Hall–Kier alpha value is -8.46. The van der Waals surface area contributed by atoms with E-state index in [1.54, 1.807) is 0 Å². The maximum absolute atomic E-state index is 6.81. The highest BCUT2D eigenvalue weighted by molar-refractivity contribution is 6.14. The van der Waals surface area contributed by atoms with Crippen LogP contribution in [0.2, 0.25) is 0 Å². The predicted molar refractivity (Wildman–Crippen MR) is 268 cm³/mol. The minimum absolute atomic E-state index is 0.435. The fraction of sp³-hybridized carbons (Fsp3) is 0.0159. The molecule has 300 valence electrons. The maximum Gasteiger partial charge on any atom is 0.135 e. The fourth-order valence-electron chi connectivity index (χ4n) is 12.1. The number of fused-ring (bicyclic) bond motifs is 17. The van der Waals surface area contributed by atoms with Crippen LogP contribution in [0.4, 0.5) is 0 Å². The van der Waals surface area contributed by atoms with E-state index >= 15 is 0 Å². The summed E-state index contributed by atoms with van der Waals surface area (Å²) in [5, 5.41) is 7.40. The van der Waals surface area contributed by atoms with Crippen molar-refractivity contribution in [3.8, 4) is 72.8 Å². The Labute approximate surface area is 375 Å². The zero-order valence-corrected chi connectivity index (χ0v) is 35.2. The van der Waals surface area contributed by atoms with E-state index in [2.05, 4.69) is 229 Å². The van der Waals surface area contributed by atoms with Crippen molar-refractivity contribution in [2.45, 2.75) is 5.41 Å². The van der Waals surface area contributed by atoms with Crippen molar-refractivity contribution in [1.29, 1.82) is 0 Å². The van der Waals surface area contributed by atoms with Gasteiger partial charge in [0.2, 0.25) is 0 Å². The van der Waals surface area contributed by atoms with Crippen LogP contribution in [0, 0.1) is 0 Å². The minimum Gasteiger partial charge on any atom is -0.456 e. The molecule has 1 unspecified atom stereocenters. The van der Waals surface area contributed by atoms with Crippen molar-refractivity contribution in [1.82, 2.24) is 4.57 Å². The van der Waals surface area contributed by atoms with Crippen LogP contribution >= 0.6 is 0 Å². The molecule has 0 fully saturated rings. The first-order chi connectivity index (χ1) is 32.2. The smallest absolute Gasteiger partial charge is 0.135 e. The molecule has 0 amide bonds. The topological polar surface area (TPSA) is 14.2 Å². The van der Waals surface area contributed by atoms with Gasteiger partial charge in [0, 0.05) is 27.4 Å². The van der Waals surface area contributed by atoms with E-state index in [0.717, 1.165) is 28.1 Å². The van der Waals surface area contributed by atoms with Gasteiger partial charge in [0.15, 0.2) is 0 Å². The van der Waals surface area contributed by atoms with Crippen molar-refractivity contribution in [2.75, 3.05) is 0 Å². The van der Waals surface area contributed by atoms with E-state index in [1.807, 2.05) is 0 Å². The van der Waals surface area contributed by atoms with Gasteiger partial charge in [-0.3, -0.25) is 0 Å². The molecule has 2 aliphatic carbocycles. The summed E-state index contributed by atoms with van der Waals surface area (Å²) in [6, 6.07) is 83.2.